The molecule has 0 spiro atoms. The molecule has 1 saturated carbocycles. The predicted octanol–water partition coefficient (Wildman–Crippen LogP) is 11.1. The number of ketones is 2. The Morgan fingerprint density at radius 1 is 0.560 bits per heavy atom. The van der Waals surface area contributed by atoms with Crippen molar-refractivity contribution in [1.29, 1.82) is 0 Å². The number of allylic oxidation sites excluding steroid dienone is 3. The topological polar surface area (TPSA) is 353 Å². The second kappa shape index (κ2) is 62.9. The van der Waals surface area contributed by atoms with Gasteiger partial charge in [0, 0.05) is 238 Å². The van der Waals surface area contributed by atoms with E-state index in [1.807, 2.05) is 13.0 Å². The van der Waals surface area contributed by atoms with Gasteiger partial charge in [-0.3, -0.25) is 14.4 Å². The normalized spacial score (nSPS) is 23.7. The first kappa shape index (κ1) is 99.5. The molecule has 1 aliphatic carbocycles. The van der Waals surface area contributed by atoms with Gasteiger partial charge in [0.05, 0.1) is 36.6 Å². The van der Waals surface area contributed by atoms with Crippen LogP contribution in [0.1, 0.15) is 157 Å². The number of aliphatic hydroxyl groups excluding tert-OH is 3. The number of Topliss-reactive ketones (excluding diaryl/α,β-unsaturated/α-hetero) is 2. The van der Waals surface area contributed by atoms with Crippen LogP contribution in [-0.4, -0.2) is 148 Å². The van der Waals surface area contributed by atoms with E-state index in [0.717, 1.165) is 4.90 Å². The summed E-state index contributed by atoms with van der Waals surface area (Å²) >= 11 is 0. The van der Waals surface area contributed by atoms with E-state index in [-0.39, 0.29) is 101 Å². The van der Waals surface area contributed by atoms with Crippen molar-refractivity contribution in [3.63, 3.8) is 0 Å². The maximum absolute atomic E-state index is 14.3. The molecule has 1 amide bonds. The number of cyclic esters (lactones) is 1. The molecule has 0 aromatic rings. The number of amides is 1. The second-order valence-corrected chi connectivity index (χ2v) is 23.7. The standard InChI is InChI=1S/C44H69NO13.C44H6.H3NO13.31H2/c1-10-13-30-19-24(2)38(49)25(3)20-36(55-8)40-37(56-9)21-27(5)44(53,58-40)41(50)42(51)45-17-12-11-14-31(45)43(52)57-39(28(6)33(47)23-34(30)48)26(4)18-29-15-16-32(46)35(22-29)54-7;1-3-5-7-9-11-13-15-17-19-21-23-25-27-29-31-33-35-37-39-41-43-44-42-40-38-36-34-32-30-28-26-24-22-20-18-16-14-12-10-8-6-4-2;2-6-10-12-8-4-1-5-9-13-14-11-7-3;;;;;;;;;;;;;;;;;;;;;;;;;;;;;;;/h10,18-19,25,27-33,35-40,46-47,49,53H,1,11-17,20-23H2,2-9H3;1-2H3;1-3H;31*1H/b24-19+,26-18+;;;;;;;;;;;;;;;;;;;;;;;;;;;;;;;;;/t25-,27-,28-,29+,30-,31+,32-,33+,35-,36+,37+,38-,39-,40-,44-;;;;;;;;;;;;;;;;;;;;;;;;;;;;;;;;;/m1................................./s1. The monoisotopic (exact) mass is 1640 g/mol. The number of carbonyl (C=O) groups is 4. The smallest absolute Gasteiger partial charge is 0.329 e. The molecule has 4 rings (SSSR count). The van der Waals surface area contributed by atoms with Crippen LogP contribution in [0.5, 0.6) is 0 Å². The molecule has 116 heavy (non-hydrogen) atoms. The van der Waals surface area contributed by atoms with Crippen molar-refractivity contribution >= 4 is 23.4 Å². The molecule has 2 saturated heterocycles. The molecule has 0 aromatic carbocycles. The average molecular weight is 1640 g/mol. The number of rotatable bonds is 18. The molecule has 28 nitrogen and oxygen atoms in total. The number of fused-ring (bicyclic) bond motifs is 3. The van der Waals surface area contributed by atoms with Gasteiger partial charge in [0.15, 0.2) is 0 Å². The van der Waals surface area contributed by atoms with Gasteiger partial charge in [-0.15, -0.1) is 6.58 Å². The zero-order valence-corrected chi connectivity index (χ0v) is 64.6. The number of nitrogens with one attached hydrogen (secondary N) is 1. The van der Waals surface area contributed by atoms with Crippen molar-refractivity contribution in [3.8, 4) is 249 Å². The summed E-state index contributed by atoms with van der Waals surface area (Å²) in [7, 11) is 4.47. The number of piperidine rings is 1. The minimum Gasteiger partial charge on any atom is -0.456 e. The van der Waals surface area contributed by atoms with E-state index in [4.69, 9.17) is 34.2 Å². The van der Waals surface area contributed by atoms with Crippen LogP contribution in [-0.2, 0) is 98.2 Å². The third kappa shape index (κ3) is 41.2. The van der Waals surface area contributed by atoms with E-state index in [2.05, 4.69) is 311 Å². The number of nitrogens with zero attached hydrogens (tertiary/aromatic N) is 1. The van der Waals surface area contributed by atoms with Crippen molar-refractivity contribution < 1.29 is 173 Å². The number of ether oxygens (including phenoxy) is 5. The molecule has 4 aliphatic rings. The van der Waals surface area contributed by atoms with Gasteiger partial charge in [0.2, 0.25) is 5.79 Å². The third-order valence-electron chi connectivity index (χ3n) is 16.2. The molecule has 28 heteroatoms. The highest BCUT2D eigenvalue weighted by Crippen LogP contribution is 2.39. The van der Waals surface area contributed by atoms with Crippen LogP contribution < -0.4 is 5.64 Å². The zero-order chi connectivity index (χ0) is 85.2. The third-order valence-corrected chi connectivity index (χ3v) is 16.2. The van der Waals surface area contributed by atoms with Crippen LogP contribution in [0.2, 0.25) is 0 Å². The summed E-state index contributed by atoms with van der Waals surface area (Å²) in [6.45, 7) is 15.9. The van der Waals surface area contributed by atoms with E-state index >= 15 is 0 Å². The number of carbonyl (C=O) groups excluding carboxylic acids is 4. The van der Waals surface area contributed by atoms with Crippen molar-refractivity contribution in [3.05, 3.63) is 36.0 Å². The first-order chi connectivity index (χ1) is 56.2. The fraction of sp³-hybridized carbons (Fsp3) is 0.409. The maximum atomic E-state index is 14.3. The van der Waals surface area contributed by atoms with Gasteiger partial charge in [-0.25, -0.2) is 15.3 Å². The molecule has 7 N–H and O–H groups in total. The van der Waals surface area contributed by atoms with E-state index in [1.54, 1.807) is 60.8 Å². The van der Waals surface area contributed by atoms with Crippen molar-refractivity contribution in [2.75, 3.05) is 27.9 Å². The van der Waals surface area contributed by atoms with Gasteiger partial charge in [-0.1, -0.05) is 60.8 Å². The lowest BCUT2D eigenvalue weighted by molar-refractivity contribution is -0.808. The molecule has 0 aromatic heterocycles. The predicted molar refractivity (Wildman–Crippen MR) is 474 cm³/mol. The Balaban J connectivity index is -0.0000000502. The highest BCUT2D eigenvalue weighted by molar-refractivity contribution is 6.39. The molecule has 3 fully saturated rings. The van der Waals surface area contributed by atoms with Crippen molar-refractivity contribution in [2.45, 2.75) is 173 Å². The summed E-state index contributed by atoms with van der Waals surface area (Å²) in [4.78, 5) is 65.1. The molecule has 15 atom stereocenters. The van der Waals surface area contributed by atoms with Crippen LogP contribution >= 0.6 is 0 Å². The van der Waals surface area contributed by atoms with E-state index in [0.29, 0.717) is 43.3 Å². The zero-order valence-electron chi connectivity index (χ0n) is 64.6. The molecular formula is C88H140N2O26. The van der Waals surface area contributed by atoms with Gasteiger partial charge in [-0.05, 0) is 254 Å². The molecule has 2 bridgehead atoms. The van der Waals surface area contributed by atoms with Gasteiger partial charge in [0.1, 0.15) is 24.0 Å². The van der Waals surface area contributed by atoms with Crippen LogP contribution in [0, 0.1) is 278 Å². The second-order valence-electron chi connectivity index (χ2n) is 23.7. The van der Waals surface area contributed by atoms with Crippen LogP contribution in [0.3, 0.4) is 0 Å². The number of hydrogen-bond donors (Lipinski definition) is 7. The van der Waals surface area contributed by atoms with Gasteiger partial charge in [-0.2, -0.15) is 0 Å². The Hall–Kier alpha value is -12.6. The summed E-state index contributed by atoms with van der Waals surface area (Å²) in [6, 6.07) is -1.17. The minimum absolute atomic E-state index is 0. The first-order valence-corrected chi connectivity index (χ1v) is 34.5. The van der Waals surface area contributed by atoms with Gasteiger partial charge >= 0.3 is 5.97 Å². The summed E-state index contributed by atoms with van der Waals surface area (Å²) in [5, 5.41) is 90.0. The molecule has 658 valence electrons. The molecule has 3 heterocycles. The highest BCUT2D eigenvalue weighted by atomic mass is 17.9. The number of esters is 1. The Kier molecular flexibility index (Phi) is 53.9. The minimum atomic E-state index is -2.58. The fourth-order valence-corrected chi connectivity index (χ4v) is 10.8. The quantitative estimate of drug-likeness (QED) is 0.0127. The van der Waals surface area contributed by atoms with Crippen LogP contribution in [0.4, 0.5) is 0 Å². The van der Waals surface area contributed by atoms with Gasteiger partial charge < -0.3 is 49.0 Å². The summed E-state index contributed by atoms with van der Waals surface area (Å²) in [6.07, 6.45) is 1.75. The lowest BCUT2D eigenvalue weighted by atomic mass is 9.81. The lowest BCUT2D eigenvalue weighted by Gasteiger charge is -2.47. The van der Waals surface area contributed by atoms with Gasteiger partial charge in [0.25, 0.3) is 11.7 Å². The van der Waals surface area contributed by atoms with E-state index < -0.39 is 95.9 Å². The van der Waals surface area contributed by atoms with Crippen LogP contribution in [0.25, 0.3) is 0 Å². The number of methoxy groups -OCH3 is 3. The summed E-state index contributed by atoms with van der Waals surface area (Å²) < 4.78 is 29.6. The Morgan fingerprint density at radius 2 is 0.966 bits per heavy atom. The Bertz CT molecular complexity index is 4840. The number of aliphatic hydroxyl groups is 4. The molecule has 0 radical (unpaired) electrons. The first-order valence-electron chi connectivity index (χ1n) is 34.5. The largest absolute Gasteiger partial charge is 0.456 e. The lowest BCUT2D eigenvalue weighted by Crippen LogP contribution is -2.64. The summed E-state index contributed by atoms with van der Waals surface area (Å²) in [5.74, 6) is 96.8. The van der Waals surface area contributed by atoms with Crippen LogP contribution in [0.15, 0.2) is 36.0 Å². The van der Waals surface area contributed by atoms with Crippen molar-refractivity contribution in [1.82, 2.24) is 10.5 Å². The van der Waals surface area contributed by atoms with E-state index in [1.165, 1.54) is 19.9 Å². The average Bonchev–Trinajstić information content (AvgIpc) is 0.906. The highest BCUT2D eigenvalue weighted by Gasteiger charge is 2.57. The Labute approximate surface area is 721 Å². The Morgan fingerprint density at radius 3 is 1.37 bits per heavy atom. The molecular weight excluding hydrogens is 1500 g/mol. The summed E-state index contributed by atoms with van der Waals surface area (Å²) in [5.41, 5.74) is 2.51. The molecule has 0 unspecified atom stereocenters. The SMILES string of the molecule is C=CC[C@@H]1/C=C(\C)[C@@H](O)[C@H](C)C[C@H](OC)[C@H]2O[C@@](O)(C(=O)C(=O)N3CCCC[C@H]3C(=O)O[C@H](/C(C)=C/[C@@H]3CC[C@@H](O)[C@H](OC)C3)[C@H](C)[C@@H](O)CC1=O)[C@H](C)C[C@@H]2OC.CC#CC#CC#CC#CC#CC#CC#CC#CC#CC#CC#CC#CC#CC#CC#CC#CC#CC#CC#CC#CC#CC.OOOOOONOOOOOOO.[HH].[HH].[HH].[HH].[HH].[HH].[HH].[HH].[HH].[HH].[HH].[HH].[HH].[HH].[HH].[HH].[HH].[HH].[HH].[HH].[HH].[HH].[HH].[HH].[HH].[HH].[HH].[HH].[HH].[HH].[HH]. The van der Waals surface area contributed by atoms with E-state index in [9.17, 15) is 39.6 Å². The van der Waals surface area contributed by atoms with Crippen molar-refractivity contribution in [2.24, 2.45) is 29.6 Å². The fourth-order valence-electron chi connectivity index (χ4n) is 10.8. The maximum Gasteiger partial charge on any atom is 0.329 e. The molecule has 3 aliphatic heterocycles. The number of hydrogen-bond acceptors (Lipinski definition) is 27.